The van der Waals surface area contributed by atoms with Crippen LogP contribution in [-0.2, 0) is 0 Å². The van der Waals surface area contributed by atoms with Gasteiger partial charge < -0.3 is 5.41 Å². The average molecular weight is 149 g/mol. The molecule has 0 amide bonds. The van der Waals surface area contributed by atoms with Gasteiger partial charge in [0, 0.05) is 5.56 Å². The monoisotopic (exact) mass is 149 g/mol. The fourth-order valence-corrected chi connectivity index (χ4v) is 0.673. The van der Waals surface area contributed by atoms with Crippen molar-refractivity contribution in [2.75, 3.05) is 0 Å². The summed E-state index contributed by atoms with van der Waals surface area (Å²) in [6.45, 7) is 4.06. The number of hydrogen-bond donors (Lipinski definition) is 1. The second kappa shape index (κ2) is 5.35. The Kier molecular flexibility index (Phi) is 4.65. The number of Topliss-reactive ketones (excluding diaryl/α,β-unsaturated/α-hetero) is 1. The van der Waals surface area contributed by atoms with Crippen molar-refractivity contribution < 1.29 is 4.79 Å². The molecule has 2 heteroatoms. The van der Waals surface area contributed by atoms with Crippen LogP contribution in [0.1, 0.15) is 17.3 Å². The van der Waals surface area contributed by atoms with Crippen molar-refractivity contribution in [2.24, 2.45) is 0 Å². The van der Waals surface area contributed by atoms with E-state index < -0.39 is 0 Å². The maximum atomic E-state index is 10.6. The van der Waals surface area contributed by atoms with Crippen molar-refractivity contribution in [1.82, 2.24) is 0 Å². The highest BCUT2D eigenvalue weighted by Gasteiger charge is 1.92. The van der Waals surface area contributed by atoms with Gasteiger partial charge in [0.25, 0.3) is 0 Å². The SMILES string of the molecule is C=N.CC(=O)c1ccccc1. The fraction of sp³-hybridized carbons (Fsp3) is 0.111. The predicted molar refractivity (Wildman–Crippen MR) is 46.3 cm³/mol. The van der Waals surface area contributed by atoms with Gasteiger partial charge in [-0.1, -0.05) is 30.3 Å². The Hall–Kier alpha value is -1.44. The molecule has 0 heterocycles. The van der Waals surface area contributed by atoms with E-state index in [1.54, 1.807) is 6.92 Å². The number of ketones is 1. The van der Waals surface area contributed by atoms with Crippen molar-refractivity contribution in [2.45, 2.75) is 6.92 Å². The molecule has 0 fully saturated rings. The Morgan fingerprint density at radius 1 is 1.27 bits per heavy atom. The first-order valence-corrected chi connectivity index (χ1v) is 3.22. The van der Waals surface area contributed by atoms with E-state index in [-0.39, 0.29) is 5.78 Å². The third kappa shape index (κ3) is 3.30. The van der Waals surface area contributed by atoms with Gasteiger partial charge in [-0.15, -0.1) is 0 Å². The number of carbonyl (C=O) groups excluding carboxylic acids is 1. The van der Waals surface area contributed by atoms with Gasteiger partial charge in [0.2, 0.25) is 0 Å². The number of benzene rings is 1. The number of carbonyl (C=O) groups is 1. The topological polar surface area (TPSA) is 40.9 Å². The van der Waals surface area contributed by atoms with Gasteiger partial charge in [-0.3, -0.25) is 4.79 Å². The molecular formula is C9H11NO. The molecule has 0 aromatic heterocycles. The van der Waals surface area contributed by atoms with Crippen LogP contribution in [0.3, 0.4) is 0 Å². The van der Waals surface area contributed by atoms with E-state index in [0.29, 0.717) is 0 Å². The molecule has 0 radical (unpaired) electrons. The molecule has 0 unspecified atom stereocenters. The molecule has 2 nitrogen and oxygen atoms in total. The van der Waals surface area contributed by atoms with Gasteiger partial charge >= 0.3 is 0 Å². The maximum Gasteiger partial charge on any atom is 0.159 e. The molecule has 1 aromatic carbocycles. The molecule has 0 aliphatic rings. The largest absolute Gasteiger partial charge is 0.317 e. The summed E-state index contributed by atoms with van der Waals surface area (Å²) in [7, 11) is 0. The summed E-state index contributed by atoms with van der Waals surface area (Å²) in [5.41, 5.74) is 0.775. The molecular weight excluding hydrogens is 138 g/mol. The molecule has 0 saturated heterocycles. The van der Waals surface area contributed by atoms with Gasteiger partial charge in [0.1, 0.15) is 0 Å². The van der Waals surface area contributed by atoms with Crippen molar-refractivity contribution in [3.63, 3.8) is 0 Å². The Labute approximate surface area is 66.4 Å². The molecule has 1 rings (SSSR count). The molecule has 58 valence electrons. The summed E-state index contributed by atoms with van der Waals surface area (Å²) < 4.78 is 0. The molecule has 11 heavy (non-hydrogen) atoms. The first-order chi connectivity index (χ1) is 5.30. The maximum absolute atomic E-state index is 10.6. The van der Waals surface area contributed by atoms with Crippen LogP contribution in [0.15, 0.2) is 30.3 Å². The lowest BCUT2D eigenvalue weighted by molar-refractivity contribution is 0.101. The standard InChI is InChI=1S/C8H8O.CH3N/c1-7(9)8-5-3-2-4-6-8;1-2/h2-6H,1H3;2H,1H2. The predicted octanol–water partition coefficient (Wildman–Crippen LogP) is 2.15. The smallest absolute Gasteiger partial charge is 0.159 e. The van der Waals surface area contributed by atoms with Crippen LogP contribution in [0.25, 0.3) is 0 Å². The van der Waals surface area contributed by atoms with Crippen LogP contribution in [0.2, 0.25) is 0 Å². The van der Waals surface area contributed by atoms with Gasteiger partial charge in [-0.05, 0) is 13.6 Å². The van der Waals surface area contributed by atoms with Crippen molar-refractivity contribution in [3.05, 3.63) is 35.9 Å². The van der Waals surface area contributed by atoms with Crippen LogP contribution in [0, 0.1) is 5.41 Å². The molecule has 0 aliphatic heterocycles. The quantitative estimate of drug-likeness (QED) is 0.482. The van der Waals surface area contributed by atoms with Gasteiger partial charge in [-0.2, -0.15) is 0 Å². The van der Waals surface area contributed by atoms with Crippen molar-refractivity contribution in [1.29, 1.82) is 5.41 Å². The van der Waals surface area contributed by atoms with E-state index in [1.807, 2.05) is 30.3 Å². The van der Waals surface area contributed by atoms with E-state index in [2.05, 4.69) is 6.72 Å². The molecule has 0 aliphatic carbocycles. The summed E-state index contributed by atoms with van der Waals surface area (Å²) in [4.78, 5) is 10.6. The third-order valence-corrected chi connectivity index (χ3v) is 1.18. The van der Waals surface area contributed by atoms with Crippen LogP contribution < -0.4 is 0 Å². The van der Waals surface area contributed by atoms with Crippen LogP contribution >= 0.6 is 0 Å². The molecule has 1 N–H and O–H groups in total. The highest BCUT2D eigenvalue weighted by Crippen LogP contribution is 1.97. The first-order valence-electron chi connectivity index (χ1n) is 3.22. The molecule has 0 atom stereocenters. The minimum atomic E-state index is 0.121. The van der Waals surface area contributed by atoms with Gasteiger partial charge in [0.05, 0.1) is 0 Å². The Morgan fingerprint density at radius 2 is 1.73 bits per heavy atom. The number of hydrogen-bond acceptors (Lipinski definition) is 2. The number of nitrogens with one attached hydrogen (secondary N) is 1. The number of rotatable bonds is 1. The lowest BCUT2D eigenvalue weighted by atomic mass is 10.2. The minimum absolute atomic E-state index is 0.121. The van der Waals surface area contributed by atoms with Crippen LogP contribution in [0.5, 0.6) is 0 Å². The van der Waals surface area contributed by atoms with E-state index in [9.17, 15) is 4.79 Å². The minimum Gasteiger partial charge on any atom is -0.317 e. The van der Waals surface area contributed by atoms with Crippen molar-refractivity contribution in [3.8, 4) is 0 Å². The zero-order valence-electron chi connectivity index (χ0n) is 6.50. The summed E-state index contributed by atoms with van der Waals surface area (Å²) >= 11 is 0. The zero-order chi connectivity index (χ0) is 8.69. The average Bonchev–Trinajstić information content (AvgIpc) is 2.10. The van der Waals surface area contributed by atoms with E-state index >= 15 is 0 Å². The molecule has 0 saturated carbocycles. The van der Waals surface area contributed by atoms with E-state index in [1.165, 1.54) is 0 Å². The van der Waals surface area contributed by atoms with Gasteiger partial charge in [0.15, 0.2) is 5.78 Å². The lowest BCUT2D eigenvalue weighted by Crippen LogP contribution is -1.88. The second-order valence-corrected chi connectivity index (χ2v) is 1.92. The highest BCUT2D eigenvalue weighted by atomic mass is 16.1. The first kappa shape index (κ1) is 9.56. The summed E-state index contributed by atoms with van der Waals surface area (Å²) in [5.74, 6) is 0.121. The lowest BCUT2D eigenvalue weighted by Gasteiger charge is -1.89. The third-order valence-electron chi connectivity index (χ3n) is 1.18. The van der Waals surface area contributed by atoms with Gasteiger partial charge in [-0.25, -0.2) is 0 Å². The Balaban J connectivity index is 0.000000461. The normalized spacial score (nSPS) is 7.73. The van der Waals surface area contributed by atoms with E-state index in [0.717, 1.165) is 5.56 Å². The fourth-order valence-electron chi connectivity index (χ4n) is 0.673. The summed E-state index contributed by atoms with van der Waals surface area (Å²) in [6, 6.07) is 9.23. The second-order valence-electron chi connectivity index (χ2n) is 1.92. The molecule has 0 bridgehead atoms. The van der Waals surface area contributed by atoms with Crippen LogP contribution in [-0.4, -0.2) is 12.5 Å². The van der Waals surface area contributed by atoms with Crippen molar-refractivity contribution >= 4 is 12.5 Å². The summed E-state index contributed by atoms with van der Waals surface area (Å²) in [6.07, 6.45) is 0. The molecule has 1 aromatic rings. The zero-order valence-corrected chi connectivity index (χ0v) is 6.50. The summed E-state index contributed by atoms with van der Waals surface area (Å²) in [5, 5.41) is 5.50. The Bertz CT molecular complexity index is 218. The highest BCUT2D eigenvalue weighted by molar-refractivity contribution is 5.93. The Morgan fingerprint density at radius 3 is 2.00 bits per heavy atom. The van der Waals surface area contributed by atoms with E-state index in [4.69, 9.17) is 5.41 Å². The molecule has 0 spiro atoms. The van der Waals surface area contributed by atoms with Crippen LogP contribution in [0.4, 0.5) is 0 Å².